The molecule has 15 unspecified atom stereocenters. The summed E-state index contributed by atoms with van der Waals surface area (Å²) in [6.45, 7) is 1.55. The lowest BCUT2D eigenvalue weighted by Crippen LogP contribution is -2.52. The normalized spacial score (nSPS) is 31.1. The number of nitrogens with two attached hydrogens (primary N) is 1. The molecule has 5 aromatic carbocycles. The lowest BCUT2D eigenvalue weighted by Gasteiger charge is -2.40. The number of dihydropyridines is 1. The topological polar surface area (TPSA) is 206 Å². The summed E-state index contributed by atoms with van der Waals surface area (Å²) in [6, 6.07) is 27.2. The van der Waals surface area contributed by atoms with Crippen molar-refractivity contribution < 1.29 is 48.9 Å². The minimum absolute atomic E-state index is 0.0253. The molecular weight excluding hydrogens is 1190 g/mol. The second kappa shape index (κ2) is 25.8. The third kappa shape index (κ3) is 11.5. The number of carbonyl (C=O) groups excluding carboxylic acids is 1. The van der Waals surface area contributed by atoms with E-state index < -0.39 is 48.4 Å². The molecule has 2 saturated carbocycles. The summed E-state index contributed by atoms with van der Waals surface area (Å²) in [5.41, 5.74) is 18.8. The standard InChI is InChI=1S/C76H82N4O10S2/c1-42(83)87-39-61-55-17-18-56-67-50(31-53(84)32-64(67)88-41-82)34-76-25-24-49(33-76)58-29-45-11-6-10-44(26-45)27-48-15-14-47(16-21-62-54(58)20-23-66(77)80-62)68-59(36-78-35-51(37-81)60(48)38-86-2)71(85)74-57(69(68)72(61)89-73(55)70(56)76)19-22-63-75(90-74)65(30-43-8-4-3-5-9-43)92-91-40-46-12-7-13-52(28-46)79-63/h3-6,8-11,17-20,22-23,26,31-32,46-49,51-52,58,60-61,63,65-66,72,75,78-82,84-85H,7,12-13,24-25,27-30,33-41,77H2,1-2H3. The maximum atomic E-state index is 13.9. The van der Waals surface area contributed by atoms with Crippen LogP contribution in [0.25, 0.3) is 17.2 Å². The summed E-state index contributed by atoms with van der Waals surface area (Å²) < 4.78 is 34.4. The lowest BCUT2D eigenvalue weighted by molar-refractivity contribution is -0.141. The van der Waals surface area contributed by atoms with Gasteiger partial charge in [-0.1, -0.05) is 131 Å². The number of aliphatic hydroxyl groups is 2. The van der Waals surface area contributed by atoms with Crippen molar-refractivity contribution in [3.8, 4) is 63.6 Å². The second-order valence-corrected chi connectivity index (χ2v) is 30.1. The third-order valence-electron chi connectivity index (χ3n) is 21.8. The SMILES string of the molecule is COCC1C2C#CC3C#CC4=C(C=CC(N)N4)C(Cc4cccc(c4)C2)C2CCC4(Cc5cc(O)cc(OCO)c5-c5ccc6c(c54)OC(c4c5c(c(O)c(c43)CNCC1CO)OC1C(C=C5)NC3CCCC(CSSC1Cc1ccccc1)C3)C6COC(C)=O)C2. The molecule has 10 aliphatic rings. The predicted molar refractivity (Wildman–Crippen MR) is 359 cm³/mol. The number of carbonyl (C=O) groups is 1. The Hall–Kier alpha value is -6.83. The van der Waals surface area contributed by atoms with Crippen LogP contribution in [-0.4, -0.2) is 102 Å². The number of phenols is 2. The number of methoxy groups -OCH3 is 1. The number of hydrogen-bond acceptors (Lipinski definition) is 16. The molecule has 92 heavy (non-hydrogen) atoms. The summed E-state index contributed by atoms with van der Waals surface area (Å²) in [6.07, 6.45) is 16.2. The fourth-order valence-corrected chi connectivity index (χ4v) is 20.9. The number of nitrogens with one attached hydrogen (secondary N) is 3. The van der Waals surface area contributed by atoms with Gasteiger partial charge >= 0.3 is 5.97 Å². The van der Waals surface area contributed by atoms with E-state index in [-0.39, 0.29) is 78.2 Å². The van der Waals surface area contributed by atoms with Crippen molar-refractivity contribution >= 4 is 33.6 Å². The first-order valence-corrected chi connectivity index (χ1v) is 35.6. The Bertz CT molecular complexity index is 3920. The van der Waals surface area contributed by atoms with Crippen molar-refractivity contribution in [2.75, 3.05) is 46.0 Å². The monoisotopic (exact) mass is 1270 g/mol. The smallest absolute Gasteiger partial charge is 0.302 e. The van der Waals surface area contributed by atoms with E-state index >= 15 is 0 Å². The average Bonchev–Trinajstić information content (AvgIpc) is 1.43. The molecular formula is C76H82N4O10S2. The van der Waals surface area contributed by atoms with E-state index in [0.717, 1.165) is 101 Å². The van der Waals surface area contributed by atoms with E-state index in [1.54, 1.807) is 13.2 Å². The van der Waals surface area contributed by atoms with Crippen molar-refractivity contribution in [2.24, 2.45) is 41.2 Å². The fraction of sp³-hybridized carbons (Fsp3) is 0.461. The molecule has 0 aromatic heterocycles. The molecule has 15 rings (SSSR count). The molecule has 6 heterocycles. The molecule has 15 atom stereocenters. The molecule has 3 fully saturated rings. The first-order chi connectivity index (χ1) is 44.9. The van der Waals surface area contributed by atoms with E-state index in [1.807, 2.05) is 33.7 Å². The lowest BCUT2D eigenvalue weighted by atomic mass is 9.64. The molecule has 1 spiro atoms. The highest BCUT2D eigenvalue weighted by atomic mass is 33.1. The summed E-state index contributed by atoms with van der Waals surface area (Å²) in [7, 11) is 5.54. The van der Waals surface area contributed by atoms with Crippen molar-refractivity contribution in [1.82, 2.24) is 16.0 Å². The highest BCUT2D eigenvalue weighted by Gasteiger charge is 2.54. The van der Waals surface area contributed by atoms with Gasteiger partial charge in [-0.15, -0.1) is 0 Å². The van der Waals surface area contributed by atoms with Crippen LogP contribution in [0.3, 0.4) is 0 Å². The van der Waals surface area contributed by atoms with Gasteiger partial charge in [-0.25, -0.2) is 0 Å². The highest BCUT2D eigenvalue weighted by Crippen LogP contribution is 2.64. The van der Waals surface area contributed by atoms with Gasteiger partial charge in [0.1, 0.15) is 42.0 Å². The van der Waals surface area contributed by atoms with Gasteiger partial charge < -0.3 is 65.8 Å². The van der Waals surface area contributed by atoms with Crippen LogP contribution in [0, 0.1) is 59.2 Å². The zero-order chi connectivity index (χ0) is 62.8. The molecule has 16 heteroatoms. The number of benzene rings is 5. The molecule has 5 aromatic rings. The largest absolute Gasteiger partial charge is 0.508 e. The van der Waals surface area contributed by atoms with Crippen molar-refractivity contribution in [1.29, 1.82) is 0 Å². The van der Waals surface area contributed by atoms with E-state index in [9.17, 15) is 25.2 Å². The van der Waals surface area contributed by atoms with Crippen LogP contribution in [0.1, 0.15) is 125 Å². The van der Waals surface area contributed by atoms with Gasteiger partial charge in [-0.05, 0) is 139 Å². The molecule has 14 nitrogen and oxygen atoms in total. The molecule has 0 amide bonds. The molecule has 478 valence electrons. The number of aliphatic hydroxyl groups excluding tert-OH is 2. The molecule has 0 radical (unpaired) electrons. The summed E-state index contributed by atoms with van der Waals surface area (Å²) in [5.74, 6) is 15.7. The van der Waals surface area contributed by atoms with E-state index in [2.05, 4.69) is 125 Å². The van der Waals surface area contributed by atoms with Gasteiger partial charge in [0.25, 0.3) is 0 Å². The van der Waals surface area contributed by atoms with Gasteiger partial charge in [0.05, 0.1) is 35.7 Å². The molecule has 11 bridgehead atoms. The minimum atomic E-state index is -0.895. The number of phenolic OH excluding ortho intramolecular Hbond substituents is 2. The van der Waals surface area contributed by atoms with Gasteiger partial charge in [-0.2, -0.15) is 0 Å². The second-order valence-electron chi connectivity index (χ2n) is 27.4. The predicted octanol–water partition coefficient (Wildman–Crippen LogP) is 10.6. The summed E-state index contributed by atoms with van der Waals surface area (Å²) >= 11 is 0. The first-order valence-electron chi connectivity index (χ1n) is 33.2. The number of esters is 1. The number of fused-ring (bicyclic) bond motifs is 14. The fourth-order valence-electron chi connectivity index (χ4n) is 17.7. The van der Waals surface area contributed by atoms with Crippen molar-refractivity contribution in [3.63, 3.8) is 0 Å². The Balaban J connectivity index is 1.05. The van der Waals surface area contributed by atoms with E-state index in [0.29, 0.717) is 72.3 Å². The number of allylic oxidation sites excluding steroid dienone is 3. The van der Waals surface area contributed by atoms with Crippen LogP contribution in [0.2, 0.25) is 0 Å². The maximum absolute atomic E-state index is 13.9. The highest BCUT2D eigenvalue weighted by molar-refractivity contribution is 8.77. The number of hydrogen-bond donors (Lipinski definition) is 8. The Morgan fingerprint density at radius 2 is 1.78 bits per heavy atom. The van der Waals surface area contributed by atoms with Gasteiger partial charge in [-0.3, -0.25) is 4.79 Å². The Labute approximate surface area is 547 Å². The Morgan fingerprint density at radius 1 is 0.913 bits per heavy atom. The van der Waals surface area contributed by atoms with Gasteiger partial charge in [0.15, 0.2) is 18.3 Å². The van der Waals surface area contributed by atoms with Crippen molar-refractivity contribution in [2.45, 2.75) is 137 Å². The van der Waals surface area contributed by atoms with Gasteiger partial charge in [0, 0.05) is 108 Å². The third-order valence-corrected chi connectivity index (χ3v) is 24.8. The summed E-state index contributed by atoms with van der Waals surface area (Å²) in [4.78, 5) is 13.5. The van der Waals surface area contributed by atoms with Crippen LogP contribution < -0.4 is 35.9 Å². The molecule has 6 aliphatic heterocycles. The van der Waals surface area contributed by atoms with Crippen LogP contribution in [0.15, 0.2) is 108 Å². The zero-order valence-electron chi connectivity index (χ0n) is 52.3. The Morgan fingerprint density at radius 3 is 2.62 bits per heavy atom. The zero-order valence-corrected chi connectivity index (χ0v) is 53.9. The number of ether oxygens (including phenoxy) is 5. The molecule has 4 aliphatic carbocycles. The summed E-state index contributed by atoms with van der Waals surface area (Å²) in [5, 5.41) is 59.1. The quantitative estimate of drug-likeness (QED) is 0.0299. The van der Waals surface area contributed by atoms with E-state index in [1.165, 1.54) is 24.5 Å². The number of rotatable bonds is 9. The molecule has 1 saturated heterocycles. The maximum Gasteiger partial charge on any atom is 0.302 e. The molecule has 9 N–H and O–H groups in total. The average molecular weight is 1280 g/mol. The first kappa shape index (κ1) is 61.4. The van der Waals surface area contributed by atoms with Crippen LogP contribution in [0.4, 0.5) is 0 Å². The minimum Gasteiger partial charge on any atom is -0.508 e. The van der Waals surface area contributed by atoms with Crippen LogP contribution in [0.5, 0.6) is 28.7 Å². The van der Waals surface area contributed by atoms with Gasteiger partial charge in [0.2, 0.25) is 0 Å². The van der Waals surface area contributed by atoms with Crippen molar-refractivity contribution in [3.05, 3.63) is 164 Å². The Kier molecular flexibility index (Phi) is 17.2. The van der Waals surface area contributed by atoms with Crippen LogP contribution in [-0.2, 0) is 51.9 Å². The van der Waals surface area contributed by atoms with E-state index in [4.69, 9.17) is 29.4 Å². The number of aromatic hydroxyl groups is 2. The van der Waals surface area contributed by atoms with Crippen LogP contribution >= 0.6 is 21.6 Å².